The molecule has 0 aliphatic carbocycles. The molecule has 0 aromatic carbocycles. The van der Waals surface area contributed by atoms with E-state index < -0.39 is 0 Å². The molecule has 0 fully saturated rings. The Labute approximate surface area is 113 Å². The number of fused-ring (bicyclic) bond motifs is 1. The highest BCUT2D eigenvalue weighted by atomic mass is 32.1. The number of hydrogen-bond acceptors (Lipinski definition) is 5. The summed E-state index contributed by atoms with van der Waals surface area (Å²) in [6.45, 7) is 2.20. The molecule has 0 aliphatic rings. The molecule has 5 nitrogen and oxygen atoms in total. The molecule has 0 radical (unpaired) electrons. The molecule has 0 unspecified atom stereocenters. The largest absolute Gasteiger partial charge is 0.471 e. The van der Waals surface area contributed by atoms with Crippen molar-refractivity contribution in [3.8, 4) is 5.88 Å². The molecule has 6 heteroatoms. The number of aryl methyl sites for hydroxylation is 1. The Morgan fingerprint density at radius 3 is 3.11 bits per heavy atom. The average Bonchev–Trinajstić information content (AvgIpc) is 2.87. The van der Waals surface area contributed by atoms with Gasteiger partial charge in [0, 0.05) is 29.9 Å². The first-order valence-corrected chi connectivity index (χ1v) is 6.61. The quantitative estimate of drug-likeness (QED) is 0.732. The van der Waals surface area contributed by atoms with Crippen LogP contribution in [0.2, 0.25) is 0 Å². The maximum absolute atomic E-state index is 11.8. The summed E-state index contributed by atoms with van der Waals surface area (Å²) < 4.78 is 7.02. The molecular formula is C13H11N3O2S. The van der Waals surface area contributed by atoms with Gasteiger partial charge >= 0.3 is 0 Å². The second kappa shape index (κ2) is 4.81. The van der Waals surface area contributed by atoms with E-state index in [9.17, 15) is 4.79 Å². The molecule has 0 bridgehead atoms. The molecule has 0 spiro atoms. The van der Waals surface area contributed by atoms with Gasteiger partial charge in [-0.3, -0.25) is 9.20 Å². The first kappa shape index (κ1) is 11.9. The van der Waals surface area contributed by atoms with Crippen molar-refractivity contribution in [3.63, 3.8) is 0 Å². The van der Waals surface area contributed by atoms with E-state index in [1.807, 2.05) is 18.4 Å². The Bertz CT molecular complexity index is 761. The van der Waals surface area contributed by atoms with Crippen LogP contribution < -0.4 is 10.3 Å². The third-order valence-corrected chi connectivity index (χ3v) is 3.36. The van der Waals surface area contributed by atoms with E-state index >= 15 is 0 Å². The number of pyridine rings is 1. The first-order chi connectivity index (χ1) is 9.22. The Hall–Kier alpha value is -2.21. The Morgan fingerprint density at radius 2 is 2.32 bits per heavy atom. The Morgan fingerprint density at radius 1 is 1.42 bits per heavy atom. The molecule has 0 N–H and O–H groups in total. The molecule has 3 rings (SSSR count). The normalized spacial score (nSPS) is 10.8. The molecule has 0 atom stereocenters. The predicted octanol–water partition coefficient (Wildman–Crippen LogP) is 2.04. The van der Waals surface area contributed by atoms with E-state index in [1.165, 1.54) is 21.8 Å². The lowest BCUT2D eigenvalue weighted by Gasteiger charge is -2.04. The summed E-state index contributed by atoms with van der Waals surface area (Å²) in [6, 6.07) is 5.20. The highest BCUT2D eigenvalue weighted by molar-refractivity contribution is 7.15. The van der Waals surface area contributed by atoms with Gasteiger partial charge in [-0.25, -0.2) is 9.97 Å². The van der Waals surface area contributed by atoms with Crippen molar-refractivity contribution in [2.45, 2.75) is 13.5 Å². The molecule has 96 valence electrons. The highest BCUT2D eigenvalue weighted by Crippen LogP contribution is 2.10. The van der Waals surface area contributed by atoms with E-state index in [-0.39, 0.29) is 12.2 Å². The van der Waals surface area contributed by atoms with E-state index in [1.54, 1.807) is 18.5 Å². The molecule has 0 saturated heterocycles. The molecule has 19 heavy (non-hydrogen) atoms. The first-order valence-electron chi connectivity index (χ1n) is 5.73. The number of nitrogens with zero attached hydrogens (tertiary/aromatic N) is 3. The van der Waals surface area contributed by atoms with Crippen molar-refractivity contribution in [2.75, 3.05) is 0 Å². The zero-order valence-electron chi connectivity index (χ0n) is 10.2. The fourth-order valence-electron chi connectivity index (χ4n) is 1.65. The number of aromatic nitrogens is 3. The minimum atomic E-state index is -0.0956. The van der Waals surface area contributed by atoms with Crippen LogP contribution in [-0.4, -0.2) is 14.4 Å². The van der Waals surface area contributed by atoms with Gasteiger partial charge in [0.15, 0.2) is 4.96 Å². The van der Waals surface area contributed by atoms with E-state index in [0.29, 0.717) is 16.5 Å². The summed E-state index contributed by atoms with van der Waals surface area (Å²) in [6.07, 6.45) is 3.45. The van der Waals surface area contributed by atoms with Gasteiger partial charge in [-0.2, -0.15) is 0 Å². The molecule has 0 aliphatic heterocycles. The van der Waals surface area contributed by atoms with E-state index in [4.69, 9.17) is 4.74 Å². The maximum Gasteiger partial charge on any atom is 0.258 e. The van der Waals surface area contributed by atoms with Crippen LogP contribution >= 0.6 is 11.3 Å². The number of rotatable bonds is 3. The lowest BCUT2D eigenvalue weighted by molar-refractivity contribution is 0.289. The van der Waals surface area contributed by atoms with Gasteiger partial charge in [-0.15, -0.1) is 11.3 Å². The van der Waals surface area contributed by atoms with Crippen molar-refractivity contribution < 1.29 is 4.74 Å². The number of ether oxygens (including phenoxy) is 1. The summed E-state index contributed by atoms with van der Waals surface area (Å²) in [7, 11) is 0. The van der Waals surface area contributed by atoms with E-state index in [2.05, 4.69) is 9.97 Å². The fraction of sp³-hybridized carbons (Fsp3) is 0.154. The summed E-state index contributed by atoms with van der Waals surface area (Å²) in [5.41, 5.74) is 1.58. The molecule has 0 saturated carbocycles. The summed E-state index contributed by atoms with van der Waals surface area (Å²) in [5.74, 6) is 0.527. The van der Waals surface area contributed by atoms with Gasteiger partial charge in [-0.1, -0.05) is 6.07 Å². The van der Waals surface area contributed by atoms with Gasteiger partial charge in [0.05, 0.1) is 5.69 Å². The predicted molar refractivity (Wildman–Crippen MR) is 72.6 cm³/mol. The summed E-state index contributed by atoms with van der Waals surface area (Å²) in [5, 5.41) is 1.83. The average molecular weight is 273 g/mol. The van der Waals surface area contributed by atoms with Gasteiger partial charge < -0.3 is 4.74 Å². The monoisotopic (exact) mass is 273 g/mol. The van der Waals surface area contributed by atoms with Crippen LogP contribution in [0.25, 0.3) is 4.96 Å². The van der Waals surface area contributed by atoms with Crippen molar-refractivity contribution >= 4 is 16.3 Å². The second-order valence-electron chi connectivity index (χ2n) is 4.10. The van der Waals surface area contributed by atoms with E-state index in [0.717, 1.165) is 5.56 Å². The van der Waals surface area contributed by atoms with Crippen molar-refractivity contribution in [1.82, 2.24) is 14.4 Å². The minimum absolute atomic E-state index is 0.0956. The van der Waals surface area contributed by atoms with Crippen LogP contribution in [-0.2, 0) is 6.61 Å². The zero-order valence-corrected chi connectivity index (χ0v) is 11.1. The Balaban J connectivity index is 1.81. The standard InChI is InChI=1S/C13H11N3O2S/c1-9-2-3-11(14-7-9)18-8-10-6-12(17)16-4-5-19-13(16)15-10/h2-7H,8H2,1H3. The molecule has 0 amide bonds. The lowest BCUT2D eigenvalue weighted by atomic mass is 10.3. The van der Waals surface area contributed by atoms with Gasteiger partial charge in [-0.05, 0) is 12.5 Å². The van der Waals surface area contributed by atoms with Gasteiger partial charge in [0.2, 0.25) is 5.88 Å². The van der Waals surface area contributed by atoms with Crippen LogP contribution in [0.1, 0.15) is 11.3 Å². The summed E-state index contributed by atoms with van der Waals surface area (Å²) >= 11 is 1.42. The zero-order chi connectivity index (χ0) is 13.2. The van der Waals surface area contributed by atoms with Crippen LogP contribution in [0.5, 0.6) is 5.88 Å². The second-order valence-corrected chi connectivity index (χ2v) is 4.98. The van der Waals surface area contributed by atoms with Crippen LogP contribution in [0.3, 0.4) is 0 Å². The van der Waals surface area contributed by atoms with Crippen LogP contribution in [0.4, 0.5) is 0 Å². The van der Waals surface area contributed by atoms with Gasteiger partial charge in [0.25, 0.3) is 5.56 Å². The van der Waals surface area contributed by atoms with Crippen molar-refractivity contribution in [3.05, 3.63) is 57.6 Å². The Kier molecular flexibility index (Phi) is 3.00. The topological polar surface area (TPSA) is 56.5 Å². The summed E-state index contributed by atoms with van der Waals surface area (Å²) in [4.78, 5) is 20.9. The third kappa shape index (κ3) is 2.48. The molecule has 3 aromatic heterocycles. The molecular weight excluding hydrogens is 262 g/mol. The van der Waals surface area contributed by atoms with Crippen LogP contribution in [0, 0.1) is 6.92 Å². The van der Waals surface area contributed by atoms with Crippen molar-refractivity contribution in [2.24, 2.45) is 0 Å². The molecule has 3 heterocycles. The van der Waals surface area contributed by atoms with Crippen molar-refractivity contribution in [1.29, 1.82) is 0 Å². The third-order valence-electron chi connectivity index (χ3n) is 2.61. The SMILES string of the molecule is Cc1ccc(OCc2cc(=O)n3ccsc3n2)nc1. The van der Waals surface area contributed by atoms with Crippen LogP contribution in [0.15, 0.2) is 40.8 Å². The minimum Gasteiger partial charge on any atom is -0.471 e. The fourth-order valence-corrected chi connectivity index (χ4v) is 2.39. The molecule has 3 aromatic rings. The number of hydrogen-bond donors (Lipinski definition) is 0. The smallest absolute Gasteiger partial charge is 0.258 e. The maximum atomic E-state index is 11.8. The van der Waals surface area contributed by atoms with Gasteiger partial charge in [0.1, 0.15) is 6.61 Å². The highest BCUT2D eigenvalue weighted by Gasteiger charge is 2.04. The lowest BCUT2D eigenvalue weighted by Crippen LogP contribution is -2.14. The number of thiazole rings is 1.